The number of nitrogens with zero attached hydrogens (tertiary/aromatic N) is 1. The number of guanidine groups is 1. The van der Waals surface area contributed by atoms with E-state index in [-0.39, 0.29) is 17.1 Å². The number of carbonyl (C=O) groups is 2. The summed E-state index contributed by atoms with van der Waals surface area (Å²) in [5.74, 6) is -1.27. The van der Waals surface area contributed by atoms with Crippen molar-refractivity contribution in [1.29, 1.82) is 5.41 Å². The Morgan fingerprint density at radius 1 is 1.09 bits per heavy atom. The first-order chi connectivity index (χ1) is 15.1. The van der Waals surface area contributed by atoms with Crippen LogP contribution in [0.15, 0.2) is 47.4 Å². The molecular weight excluding hydrogens is 432 g/mol. The van der Waals surface area contributed by atoms with Gasteiger partial charge in [0.25, 0.3) is 5.91 Å². The number of hydrogen-bond donors (Lipinski definition) is 3. The number of aryl methyl sites for hydroxylation is 1. The van der Waals surface area contributed by atoms with Gasteiger partial charge in [-0.1, -0.05) is 30.3 Å². The van der Waals surface area contributed by atoms with Crippen LogP contribution in [0.3, 0.4) is 0 Å². The van der Waals surface area contributed by atoms with Crippen LogP contribution < -0.4 is 15.5 Å². The summed E-state index contributed by atoms with van der Waals surface area (Å²) in [5.41, 5.74) is 2.03. The lowest BCUT2D eigenvalue weighted by atomic mass is 10.1. The second-order valence-electron chi connectivity index (χ2n) is 7.62. The molecule has 3 rings (SSSR count). The largest absolute Gasteiger partial charge is 0.444 e. The van der Waals surface area contributed by atoms with Crippen LogP contribution in [0, 0.1) is 12.3 Å². The Morgan fingerprint density at radius 2 is 1.75 bits per heavy atom. The molecule has 0 spiro atoms. The van der Waals surface area contributed by atoms with Gasteiger partial charge >= 0.3 is 6.09 Å². The van der Waals surface area contributed by atoms with E-state index < -0.39 is 27.8 Å². The Morgan fingerprint density at radius 3 is 2.38 bits per heavy atom. The molecule has 0 unspecified atom stereocenters. The number of alkyl carbamates (subject to hydrolysis) is 1. The van der Waals surface area contributed by atoms with Crippen LogP contribution in [0.25, 0.3) is 0 Å². The van der Waals surface area contributed by atoms with Gasteiger partial charge in [0.2, 0.25) is 5.96 Å². The summed E-state index contributed by atoms with van der Waals surface area (Å²) in [5, 5.41) is 12.2. The molecule has 1 aliphatic rings. The van der Waals surface area contributed by atoms with Crippen LogP contribution in [0.2, 0.25) is 0 Å². The zero-order valence-corrected chi connectivity index (χ0v) is 18.8. The molecule has 9 nitrogen and oxygen atoms in total. The van der Waals surface area contributed by atoms with Crippen LogP contribution in [0.5, 0.6) is 0 Å². The standard InChI is InChI=1S/C22H26N4O5S/c1-15-12-18(26-10-6-7-11-26)19(32(2,29)30)13-17(15)20(27)24-21(23)25-22(28)31-14-16-8-4-3-5-9-16/h3-5,8-9,12-13H,6-7,10-11,14H2,1-2H3,(H3,23,24,25,27,28). The van der Waals surface area contributed by atoms with Gasteiger partial charge in [-0.2, -0.15) is 0 Å². The predicted octanol–water partition coefficient (Wildman–Crippen LogP) is 2.59. The minimum atomic E-state index is -3.59. The number of sulfone groups is 1. The van der Waals surface area contributed by atoms with Gasteiger partial charge < -0.3 is 9.64 Å². The van der Waals surface area contributed by atoms with Crippen LogP contribution in [-0.4, -0.2) is 45.7 Å². The van der Waals surface area contributed by atoms with Gasteiger partial charge in [-0.15, -0.1) is 0 Å². The van der Waals surface area contributed by atoms with Crippen LogP contribution in [0.1, 0.15) is 34.3 Å². The SMILES string of the molecule is Cc1cc(N2CCCC2)c(S(C)(=O)=O)cc1C(=O)NC(=N)NC(=O)OCc1ccccc1. The minimum absolute atomic E-state index is 0.0166. The molecule has 1 fully saturated rings. The lowest BCUT2D eigenvalue weighted by Crippen LogP contribution is -2.43. The van der Waals surface area contributed by atoms with E-state index in [2.05, 4.69) is 10.6 Å². The Hall–Kier alpha value is -3.40. The summed E-state index contributed by atoms with van der Waals surface area (Å²) in [6.07, 6.45) is 2.17. The smallest absolute Gasteiger partial charge is 0.414 e. The first kappa shape index (κ1) is 23.3. The Balaban J connectivity index is 1.68. The van der Waals surface area contributed by atoms with E-state index >= 15 is 0 Å². The molecule has 0 bridgehead atoms. The highest BCUT2D eigenvalue weighted by Crippen LogP contribution is 2.31. The zero-order valence-electron chi connectivity index (χ0n) is 18.0. The molecular formula is C22H26N4O5S. The number of hydrogen-bond acceptors (Lipinski definition) is 7. The molecule has 1 saturated heterocycles. The van der Waals surface area contributed by atoms with Crippen LogP contribution >= 0.6 is 0 Å². The molecule has 32 heavy (non-hydrogen) atoms. The highest BCUT2D eigenvalue weighted by Gasteiger charge is 2.24. The van der Waals surface area contributed by atoms with Crippen LogP contribution in [-0.2, 0) is 21.2 Å². The minimum Gasteiger partial charge on any atom is -0.444 e. The molecule has 2 aromatic carbocycles. The van der Waals surface area contributed by atoms with Gasteiger partial charge in [-0.25, -0.2) is 13.2 Å². The monoisotopic (exact) mass is 458 g/mol. The number of ether oxygens (including phenoxy) is 1. The summed E-state index contributed by atoms with van der Waals surface area (Å²) in [6, 6.07) is 12.0. The van der Waals surface area contributed by atoms with Crippen LogP contribution in [0.4, 0.5) is 10.5 Å². The first-order valence-corrected chi connectivity index (χ1v) is 12.0. The van der Waals surface area contributed by atoms with Crippen molar-refractivity contribution in [2.45, 2.75) is 31.3 Å². The number of carbonyl (C=O) groups excluding carboxylic acids is 2. The van der Waals surface area contributed by atoms with E-state index in [1.807, 2.05) is 11.0 Å². The van der Waals surface area contributed by atoms with E-state index in [1.165, 1.54) is 6.07 Å². The highest BCUT2D eigenvalue weighted by molar-refractivity contribution is 7.90. The van der Waals surface area contributed by atoms with Crippen molar-refractivity contribution in [3.05, 3.63) is 59.2 Å². The molecule has 2 aromatic rings. The third-order valence-electron chi connectivity index (χ3n) is 5.08. The van der Waals surface area contributed by atoms with Crippen molar-refractivity contribution in [1.82, 2.24) is 10.6 Å². The summed E-state index contributed by atoms with van der Waals surface area (Å²) < 4.78 is 29.8. The fraction of sp³-hybridized carbons (Fsp3) is 0.318. The van der Waals surface area contributed by atoms with Gasteiger partial charge in [-0.3, -0.25) is 20.8 Å². The number of anilines is 1. The topological polar surface area (TPSA) is 129 Å². The molecule has 10 heteroatoms. The number of rotatable bonds is 5. The van der Waals surface area contributed by atoms with Gasteiger partial charge in [0.15, 0.2) is 9.84 Å². The second-order valence-corrected chi connectivity index (χ2v) is 9.60. The second kappa shape index (κ2) is 9.82. The van der Waals surface area contributed by atoms with E-state index in [0.29, 0.717) is 11.3 Å². The summed E-state index contributed by atoms with van der Waals surface area (Å²) >= 11 is 0. The van der Waals surface area contributed by atoms with E-state index in [1.54, 1.807) is 37.3 Å². The van der Waals surface area contributed by atoms with Gasteiger partial charge in [-0.05, 0) is 43.0 Å². The third kappa shape index (κ3) is 5.85. The Labute approximate surface area is 187 Å². The van der Waals surface area contributed by atoms with Crippen molar-refractivity contribution in [3.63, 3.8) is 0 Å². The molecule has 1 heterocycles. The van der Waals surface area contributed by atoms with Gasteiger partial charge in [0.05, 0.1) is 10.6 Å². The fourth-order valence-corrected chi connectivity index (χ4v) is 4.39. The summed E-state index contributed by atoms with van der Waals surface area (Å²) in [4.78, 5) is 26.6. The molecule has 2 amide bonds. The number of amides is 2. The third-order valence-corrected chi connectivity index (χ3v) is 6.20. The molecule has 0 aromatic heterocycles. The van der Waals surface area contributed by atoms with Gasteiger partial charge in [0, 0.05) is 24.9 Å². The van der Waals surface area contributed by atoms with E-state index in [4.69, 9.17) is 10.1 Å². The number of benzene rings is 2. The summed E-state index contributed by atoms with van der Waals surface area (Å²) in [6.45, 7) is 3.23. The van der Waals surface area contributed by atoms with Crippen molar-refractivity contribution >= 4 is 33.5 Å². The van der Waals surface area contributed by atoms with E-state index in [9.17, 15) is 18.0 Å². The molecule has 170 valence electrons. The molecule has 0 aliphatic carbocycles. The average molecular weight is 459 g/mol. The number of nitrogens with one attached hydrogen (secondary N) is 3. The van der Waals surface area contributed by atoms with Gasteiger partial charge in [0.1, 0.15) is 6.61 Å². The highest BCUT2D eigenvalue weighted by atomic mass is 32.2. The molecule has 0 saturated carbocycles. The summed E-state index contributed by atoms with van der Waals surface area (Å²) in [7, 11) is -3.59. The lowest BCUT2D eigenvalue weighted by Gasteiger charge is -2.22. The molecule has 3 N–H and O–H groups in total. The predicted molar refractivity (Wildman–Crippen MR) is 121 cm³/mol. The lowest BCUT2D eigenvalue weighted by molar-refractivity contribution is 0.0974. The maximum Gasteiger partial charge on any atom is 0.414 e. The Bertz CT molecular complexity index is 1130. The molecule has 0 atom stereocenters. The zero-order chi connectivity index (χ0) is 23.3. The fourth-order valence-electron chi connectivity index (χ4n) is 3.49. The van der Waals surface area contributed by atoms with E-state index in [0.717, 1.165) is 37.8 Å². The molecule has 1 aliphatic heterocycles. The first-order valence-electron chi connectivity index (χ1n) is 10.1. The van der Waals surface area contributed by atoms with Crippen molar-refractivity contribution in [3.8, 4) is 0 Å². The normalized spacial score (nSPS) is 13.5. The van der Waals surface area contributed by atoms with Crippen molar-refractivity contribution in [2.75, 3.05) is 24.2 Å². The Kier molecular flexibility index (Phi) is 7.14. The maximum atomic E-state index is 12.7. The van der Waals surface area contributed by atoms with Crippen molar-refractivity contribution in [2.24, 2.45) is 0 Å². The average Bonchev–Trinajstić information content (AvgIpc) is 3.26. The quantitative estimate of drug-likeness (QED) is 0.467. The maximum absolute atomic E-state index is 12.7. The van der Waals surface area contributed by atoms with Crippen molar-refractivity contribution < 1.29 is 22.7 Å². The molecule has 0 radical (unpaired) electrons.